The fourth-order valence-corrected chi connectivity index (χ4v) is 2.69. The maximum Gasteiger partial charge on any atom is 0.255 e. The van der Waals surface area contributed by atoms with E-state index in [9.17, 15) is 4.79 Å². The van der Waals surface area contributed by atoms with Gasteiger partial charge in [0.1, 0.15) is 0 Å². The molecule has 0 atom stereocenters. The van der Waals surface area contributed by atoms with Crippen molar-refractivity contribution in [1.82, 2.24) is 0 Å². The summed E-state index contributed by atoms with van der Waals surface area (Å²) in [7, 11) is 0. The van der Waals surface area contributed by atoms with E-state index in [1.165, 1.54) is 17.5 Å². The van der Waals surface area contributed by atoms with Gasteiger partial charge in [0.25, 0.3) is 5.91 Å². The Morgan fingerprint density at radius 2 is 1.95 bits per heavy atom. The molecule has 0 saturated carbocycles. The summed E-state index contributed by atoms with van der Waals surface area (Å²) < 4.78 is 0. The highest BCUT2D eigenvalue weighted by Crippen LogP contribution is 2.25. The van der Waals surface area contributed by atoms with Gasteiger partial charge in [0.2, 0.25) is 0 Å². The molecular formula is C17H18N2O. The van der Waals surface area contributed by atoms with Gasteiger partial charge in [0, 0.05) is 17.8 Å². The average Bonchev–Trinajstić information content (AvgIpc) is 2.95. The second kappa shape index (κ2) is 5.47. The zero-order valence-electron chi connectivity index (χ0n) is 11.4. The highest BCUT2D eigenvalue weighted by atomic mass is 16.1. The third-order valence-electron chi connectivity index (χ3n) is 3.78. The maximum atomic E-state index is 12.2. The first-order valence-electron chi connectivity index (χ1n) is 6.98. The summed E-state index contributed by atoms with van der Waals surface area (Å²) in [6.07, 6.45) is 3.48. The molecule has 0 bridgehead atoms. The first-order chi connectivity index (χ1) is 9.76. The van der Waals surface area contributed by atoms with Crippen LogP contribution in [0.3, 0.4) is 0 Å². The van der Waals surface area contributed by atoms with Gasteiger partial charge in [-0.05, 0) is 60.2 Å². The molecule has 3 nitrogen and oxygen atoms in total. The summed E-state index contributed by atoms with van der Waals surface area (Å²) in [5.74, 6) is -0.0850. The van der Waals surface area contributed by atoms with Crippen LogP contribution in [0.15, 0.2) is 42.5 Å². The first kappa shape index (κ1) is 12.9. The average molecular weight is 266 g/mol. The van der Waals surface area contributed by atoms with Crippen molar-refractivity contribution < 1.29 is 4.79 Å². The fraction of sp³-hybridized carbons (Fsp3) is 0.235. The number of nitrogens with two attached hydrogens (primary N) is 1. The molecule has 2 aromatic carbocycles. The topological polar surface area (TPSA) is 55.1 Å². The molecule has 20 heavy (non-hydrogen) atoms. The van der Waals surface area contributed by atoms with Crippen LogP contribution in [0.4, 0.5) is 5.69 Å². The van der Waals surface area contributed by atoms with E-state index in [-0.39, 0.29) is 5.91 Å². The summed E-state index contributed by atoms with van der Waals surface area (Å²) in [5.41, 5.74) is 10.9. The molecule has 0 aromatic heterocycles. The van der Waals surface area contributed by atoms with Gasteiger partial charge < -0.3 is 11.1 Å². The lowest BCUT2D eigenvalue weighted by Crippen LogP contribution is -2.12. The summed E-state index contributed by atoms with van der Waals surface area (Å²) in [4.78, 5) is 12.2. The second-order valence-corrected chi connectivity index (χ2v) is 5.20. The summed E-state index contributed by atoms with van der Waals surface area (Å²) >= 11 is 0. The van der Waals surface area contributed by atoms with Crippen molar-refractivity contribution >= 4 is 11.6 Å². The number of aryl methyl sites for hydroxylation is 2. The van der Waals surface area contributed by atoms with Crippen molar-refractivity contribution in [3.05, 3.63) is 64.7 Å². The lowest BCUT2D eigenvalue weighted by atomic mass is 10.1. The van der Waals surface area contributed by atoms with Crippen LogP contribution < -0.4 is 11.1 Å². The Morgan fingerprint density at radius 1 is 1.10 bits per heavy atom. The van der Waals surface area contributed by atoms with E-state index in [4.69, 9.17) is 5.73 Å². The van der Waals surface area contributed by atoms with Crippen LogP contribution in [0.1, 0.15) is 33.5 Å². The lowest BCUT2D eigenvalue weighted by Gasteiger charge is -2.08. The summed E-state index contributed by atoms with van der Waals surface area (Å²) in [6.45, 7) is 0.444. The Balaban J connectivity index is 1.78. The van der Waals surface area contributed by atoms with E-state index in [1.54, 1.807) is 0 Å². The van der Waals surface area contributed by atoms with Crippen molar-refractivity contribution in [2.24, 2.45) is 5.73 Å². The zero-order valence-corrected chi connectivity index (χ0v) is 11.4. The van der Waals surface area contributed by atoms with Gasteiger partial charge in [0.15, 0.2) is 0 Å². The third kappa shape index (κ3) is 2.58. The molecule has 0 spiro atoms. The van der Waals surface area contributed by atoms with E-state index < -0.39 is 0 Å². The van der Waals surface area contributed by atoms with E-state index in [2.05, 4.69) is 17.4 Å². The number of rotatable bonds is 3. The van der Waals surface area contributed by atoms with Crippen molar-refractivity contribution in [2.75, 3.05) is 5.32 Å². The number of hydrogen-bond acceptors (Lipinski definition) is 2. The second-order valence-electron chi connectivity index (χ2n) is 5.20. The zero-order chi connectivity index (χ0) is 13.9. The van der Waals surface area contributed by atoms with E-state index >= 15 is 0 Å². The molecule has 1 aliphatic carbocycles. The maximum absolute atomic E-state index is 12.2. The minimum atomic E-state index is -0.0850. The molecule has 102 valence electrons. The van der Waals surface area contributed by atoms with Crippen molar-refractivity contribution in [3.63, 3.8) is 0 Å². The molecule has 2 aromatic rings. The van der Waals surface area contributed by atoms with Gasteiger partial charge in [-0.3, -0.25) is 4.79 Å². The van der Waals surface area contributed by atoms with E-state index in [1.807, 2.05) is 30.3 Å². The predicted molar refractivity (Wildman–Crippen MR) is 80.8 cm³/mol. The van der Waals surface area contributed by atoms with Crippen molar-refractivity contribution in [3.8, 4) is 0 Å². The largest absolute Gasteiger partial charge is 0.326 e. The molecule has 1 aliphatic rings. The molecule has 0 unspecified atom stereocenters. The molecule has 3 rings (SSSR count). The molecule has 0 saturated heterocycles. The van der Waals surface area contributed by atoms with Crippen LogP contribution in [-0.2, 0) is 19.4 Å². The number of fused-ring (bicyclic) bond motifs is 1. The highest BCUT2D eigenvalue weighted by Gasteiger charge is 2.12. The number of anilines is 1. The Labute approximate surface area is 118 Å². The van der Waals surface area contributed by atoms with Gasteiger partial charge in [-0.1, -0.05) is 18.2 Å². The van der Waals surface area contributed by atoms with Crippen LogP contribution in [0.5, 0.6) is 0 Å². The van der Waals surface area contributed by atoms with Crippen molar-refractivity contribution in [1.29, 1.82) is 0 Å². The van der Waals surface area contributed by atoms with Crippen LogP contribution >= 0.6 is 0 Å². The molecule has 0 fully saturated rings. The molecule has 0 radical (unpaired) electrons. The van der Waals surface area contributed by atoms with Crippen LogP contribution in [-0.4, -0.2) is 5.91 Å². The summed E-state index contributed by atoms with van der Waals surface area (Å²) in [6, 6.07) is 13.6. The van der Waals surface area contributed by atoms with E-state index in [0.717, 1.165) is 24.1 Å². The Hall–Kier alpha value is -2.13. The highest BCUT2D eigenvalue weighted by molar-refractivity contribution is 6.04. The number of benzene rings is 2. The van der Waals surface area contributed by atoms with Gasteiger partial charge in [-0.2, -0.15) is 0 Å². The third-order valence-corrected chi connectivity index (χ3v) is 3.78. The molecule has 1 amide bonds. The standard InChI is InChI=1S/C17H18N2O/c18-11-12-3-1-6-15(9-12)17(20)19-16-8-7-13-4-2-5-14(13)10-16/h1,3,6-10H,2,4-5,11,18H2,(H,19,20). The number of carbonyl (C=O) groups excluding carboxylic acids is 1. The number of carbonyl (C=O) groups is 1. The lowest BCUT2D eigenvalue weighted by molar-refractivity contribution is 0.102. The number of nitrogens with one attached hydrogen (secondary N) is 1. The summed E-state index contributed by atoms with van der Waals surface area (Å²) in [5, 5.41) is 2.96. The molecule has 3 N–H and O–H groups in total. The number of amides is 1. The van der Waals surface area contributed by atoms with Gasteiger partial charge in [-0.15, -0.1) is 0 Å². The number of hydrogen-bond donors (Lipinski definition) is 2. The fourth-order valence-electron chi connectivity index (χ4n) is 2.69. The quantitative estimate of drug-likeness (QED) is 0.897. The van der Waals surface area contributed by atoms with Crippen LogP contribution in [0.25, 0.3) is 0 Å². The predicted octanol–water partition coefficient (Wildman–Crippen LogP) is 2.89. The van der Waals surface area contributed by atoms with E-state index in [0.29, 0.717) is 12.1 Å². The Morgan fingerprint density at radius 3 is 2.80 bits per heavy atom. The first-order valence-corrected chi connectivity index (χ1v) is 6.98. The Bertz CT molecular complexity index is 649. The normalized spacial score (nSPS) is 13.1. The smallest absolute Gasteiger partial charge is 0.255 e. The van der Waals surface area contributed by atoms with Gasteiger partial charge >= 0.3 is 0 Å². The molecule has 0 heterocycles. The molecule has 0 aliphatic heterocycles. The van der Waals surface area contributed by atoms with Crippen LogP contribution in [0, 0.1) is 0 Å². The van der Waals surface area contributed by atoms with Gasteiger partial charge in [0.05, 0.1) is 0 Å². The minimum absolute atomic E-state index is 0.0850. The molecule has 3 heteroatoms. The van der Waals surface area contributed by atoms with Crippen molar-refractivity contribution in [2.45, 2.75) is 25.8 Å². The monoisotopic (exact) mass is 266 g/mol. The SMILES string of the molecule is NCc1cccc(C(=O)Nc2ccc3c(c2)CCC3)c1. The molecular weight excluding hydrogens is 248 g/mol. The Kier molecular flexibility index (Phi) is 3.52. The minimum Gasteiger partial charge on any atom is -0.326 e. The van der Waals surface area contributed by atoms with Gasteiger partial charge in [-0.25, -0.2) is 0 Å². The van der Waals surface area contributed by atoms with Crippen LogP contribution in [0.2, 0.25) is 0 Å².